The van der Waals surface area contributed by atoms with E-state index in [1.54, 1.807) is 17.5 Å². The summed E-state index contributed by atoms with van der Waals surface area (Å²) < 4.78 is 0.921. The van der Waals surface area contributed by atoms with Gasteiger partial charge in [0.2, 0.25) is 0 Å². The maximum Gasteiger partial charge on any atom is 0.150 e. The van der Waals surface area contributed by atoms with E-state index in [-0.39, 0.29) is 5.92 Å². The van der Waals surface area contributed by atoms with Gasteiger partial charge in [-0.05, 0) is 12.1 Å². The summed E-state index contributed by atoms with van der Waals surface area (Å²) in [7, 11) is 0. The van der Waals surface area contributed by atoms with Gasteiger partial charge < -0.3 is 0 Å². The van der Waals surface area contributed by atoms with E-state index in [4.69, 9.17) is 11.6 Å². The van der Waals surface area contributed by atoms with Crippen LogP contribution in [0.4, 0.5) is 0 Å². The molecule has 0 saturated heterocycles. The molecule has 0 radical (unpaired) electrons. The highest BCUT2D eigenvalue weighted by molar-refractivity contribution is 7.25. The summed E-state index contributed by atoms with van der Waals surface area (Å²) in [6, 6.07) is 3.94. The minimum absolute atomic E-state index is 0.267. The molecule has 0 aliphatic rings. The lowest BCUT2D eigenvalue weighted by Gasteiger charge is -2.03. The molecule has 0 N–H and O–H groups in total. The maximum atomic E-state index is 6.21. The summed E-state index contributed by atoms with van der Waals surface area (Å²) in [5, 5.41) is 1.58. The van der Waals surface area contributed by atoms with Gasteiger partial charge in [0.05, 0.1) is 10.2 Å². The largest absolute Gasteiger partial charge is 0.245 e. The molecule has 0 spiro atoms. The number of thiophene rings is 1. The third kappa shape index (κ3) is 1.68. The van der Waals surface area contributed by atoms with Crippen molar-refractivity contribution in [1.82, 2.24) is 15.0 Å². The molecule has 5 heteroatoms. The van der Waals surface area contributed by atoms with Gasteiger partial charge in [-0.3, -0.25) is 0 Å². The van der Waals surface area contributed by atoms with Crippen LogP contribution >= 0.6 is 22.9 Å². The summed E-state index contributed by atoms with van der Waals surface area (Å²) in [4.78, 5) is 14.2. The molecule has 0 aliphatic carbocycles. The SMILES string of the molecule is CC(C)c1nc(Cl)c2sc3ncccc3c2n1. The Morgan fingerprint density at radius 1 is 1.29 bits per heavy atom. The first-order valence-electron chi connectivity index (χ1n) is 5.37. The number of hydrogen-bond donors (Lipinski definition) is 0. The second-order valence-corrected chi connectivity index (χ2v) is 5.52. The lowest BCUT2D eigenvalue weighted by molar-refractivity contribution is 0.784. The molecule has 0 aliphatic heterocycles. The van der Waals surface area contributed by atoms with E-state index in [0.29, 0.717) is 5.15 Å². The first kappa shape index (κ1) is 10.9. The molecule has 0 saturated carbocycles. The van der Waals surface area contributed by atoms with Crippen LogP contribution in [0.5, 0.6) is 0 Å². The van der Waals surface area contributed by atoms with Gasteiger partial charge in [0.25, 0.3) is 0 Å². The van der Waals surface area contributed by atoms with Crippen molar-refractivity contribution >= 4 is 43.4 Å². The van der Waals surface area contributed by atoms with E-state index in [0.717, 1.165) is 26.3 Å². The monoisotopic (exact) mass is 263 g/mol. The summed E-state index contributed by atoms with van der Waals surface area (Å²) >= 11 is 7.75. The van der Waals surface area contributed by atoms with E-state index >= 15 is 0 Å². The number of hydrogen-bond acceptors (Lipinski definition) is 4. The van der Waals surface area contributed by atoms with E-state index in [9.17, 15) is 0 Å². The Labute approximate surface area is 107 Å². The van der Waals surface area contributed by atoms with Crippen molar-refractivity contribution in [2.24, 2.45) is 0 Å². The standard InChI is InChI=1S/C12H10ClN3S/c1-6(2)11-15-8-7-4-3-5-14-12(7)17-9(8)10(13)16-11/h3-6H,1-2H3. The Hall–Kier alpha value is -1.26. The van der Waals surface area contributed by atoms with Crippen molar-refractivity contribution < 1.29 is 0 Å². The van der Waals surface area contributed by atoms with E-state index in [1.807, 2.05) is 12.1 Å². The molecule has 3 aromatic rings. The second-order valence-electron chi connectivity index (χ2n) is 4.16. The number of fused-ring (bicyclic) bond motifs is 3. The zero-order chi connectivity index (χ0) is 12.0. The quantitative estimate of drug-likeness (QED) is 0.623. The van der Waals surface area contributed by atoms with Crippen LogP contribution < -0.4 is 0 Å². The number of nitrogens with zero attached hydrogens (tertiary/aromatic N) is 3. The van der Waals surface area contributed by atoms with Crippen LogP contribution in [0.2, 0.25) is 5.15 Å². The van der Waals surface area contributed by atoms with Crippen LogP contribution in [0, 0.1) is 0 Å². The van der Waals surface area contributed by atoms with Crippen LogP contribution in [0.25, 0.3) is 20.4 Å². The van der Waals surface area contributed by atoms with Gasteiger partial charge >= 0.3 is 0 Å². The highest BCUT2D eigenvalue weighted by atomic mass is 35.5. The summed E-state index contributed by atoms with van der Waals surface area (Å²) in [6.07, 6.45) is 1.78. The predicted molar refractivity (Wildman–Crippen MR) is 71.8 cm³/mol. The van der Waals surface area contributed by atoms with Crippen molar-refractivity contribution in [1.29, 1.82) is 0 Å². The molecule has 0 aromatic carbocycles. The molecular weight excluding hydrogens is 254 g/mol. The van der Waals surface area contributed by atoms with Crippen molar-refractivity contribution in [3.05, 3.63) is 29.3 Å². The minimum atomic E-state index is 0.267. The fourth-order valence-electron chi connectivity index (χ4n) is 1.72. The molecule has 3 aromatic heterocycles. The summed E-state index contributed by atoms with van der Waals surface area (Å²) in [5.74, 6) is 1.05. The Bertz CT molecular complexity index is 705. The molecule has 0 atom stereocenters. The molecule has 86 valence electrons. The van der Waals surface area contributed by atoms with Gasteiger partial charge in [0, 0.05) is 17.5 Å². The minimum Gasteiger partial charge on any atom is -0.245 e. The zero-order valence-electron chi connectivity index (χ0n) is 9.44. The second kappa shape index (κ2) is 3.89. The van der Waals surface area contributed by atoms with E-state index in [1.165, 1.54) is 0 Å². The first-order valence-corrected chi connectivity index (χ1v) is 6.57. The van der Waals surface area contributed by atoms with E-state index in [2.05, 4.69) is 28.8 Å². The molecule has 3 heterocycles. The van der Waals surface area contributed by atoms with E-state index < -0.39 is 0 Å². The van der Waals surface area contributed by atoms with Crippen molar-refractivity contribution in [2.75, 3.05) is 0 Å². The lowest BCUT2D eigenvalue weighted by atomic mass is 10.2. The molecule has 0 amide bonds. The average Bonchev–Trinajstić information content (AvgIpc) is 2.68. The zero-order valence-corrected chi connectivity index (χ0v) is 11.0. The summed E-state index contributed by atoms with van der Waals surface area (Å²) in [6.45, 7) is 4.12. The molecule has 0 unspecified atom stereocenters. The first-order chi connectivity index (χ1) is 8.16. The Balaban J connectivity index is 2.46. The van der Waals surface area contributed by atoms with Gasteiger partial charge in [0.1, 0.15) is 10.7 Å². The fraction of sp³-hybridized carbons (Fsp3) is 0.250. The Kier molecular flexibility index (Phi) is 2.49. The highest BCUT2D eigenvalue weighted by Crippen LogP contribution is 2.35. The third-order valence-corrected chi connectivity index (χ3v) is 4.08. The van der Waals surface area contributed by atoms with Gasteiger partial charge in [-0.1, -0.05) is 25.4 Å². The van der Waals surface area contributed by atoms with Crippen LogP contribution in [0.15, 0.2) is 18.3 Å². The Morgan fingerprint density at radius 2 is 2.12 bits per heavy atom. The van der Waals surface area contributed by atoms with Crippen molar-refractivity contribution in [2.45, 2.75) is 19.8 Å². The van der Waals surface area contributed by atoms with Crippen LogP contribution in [-0.2, 0) is 0 Å². The summed E-state index contributed by atoms with van der Waals surface area (Å²) in [5.41, 5.74) is 0.918. The normalized spacial score (nSPS) is 11.8. The topological polar surface area (TPSA) is 38.7 Å². The van der Waals surface area contributed by atoms with Gasteiger partial charge in [-0.2, -0.15) is 0 Å². The maximum absolute atomic E-state index is 6.21. The Morgan fingerprint density at radius 3 is 2.88 bits per heavy atom. The molecule has 0 fully saturated rings. The van der Waals surface area contributed by atoms with Gasteiger partial charge in [-0.25, -0.2) is 15.0 Å². The molecule has 3 nitrogen and oxygen atoms in total. The van der Waals surface area contributed by atoms with Crippen LogP contribution in [-0.4, -0.2) is 15.0 Å². The van der Waals surface area contributed by atoms with Crippen LogP contribution in [0.3, 0.4) is 0 Å². The predicted octanol–water partition coefficient (Wildman–Crippen LogP) is 4.02. The van der Waals surface area contributed by atoms with Crippen molar-refractivity contribution in [3.63, 3.8) is 0 Å². The number of halogens is 1. The molecule has 3 rings (SSSR count). The number of pyridine rings is 1. The average molecular weight is 264 g/mol. The van der Waals surface area contributed by atoms with Crippen LogP contribution in [0.1, 0.15) is 25.6 Å². The number of aromatic nitrogens is 3. The third-order valence-electron chi connectivity index (χ3n) is 2.58. The fourth-order valence-corrected chi connectivity index (χ4v) is 2.98. The molecular formula is C12H10ClN3S. The molecule has 0 bridgehead atoms. The van der Waals surface area contributed by atoms with Gasteiger partial charge in [0.15, 0.2) is 5.15 Å². The molecule has 17 heavy (non-hydrogen) atoms. The van der Waals surface area contributed by atoms with Gasteiger partial charge in [-0.15, -0.1) is 11.3 Å². The lowest BCUT2D eigenvalue weighted by Crippen LogP contribution is -1.97. The smallest absolute Gasteiger partial charge is 0.150 e. The number of rotatable bonds is 1. The van der Waals surface area contributed by atoms with Crippen molar-refractivity contribution in [3.8, 4) is 0 Å². The highest BCUT2D eigenvalue weighted by Gasteiger charge is 2.14.